The van der Waals surface area contributed by atoms with Gasteiger partial charge in [0.05, 0.1) is 11.0 Å². The highest BCUT2D eigenvalue weighted by atomic mass is 32.2. The number of sulfonamides is 1. The first-order valence-corrected chi connectivity index (χ1v) is 8.75. The van der Waals surface area contributed by atoms with E-state index in [1.54, 1.807) is 0 Å². The molecule has 1 aromatic heterocycles. The third-order valence-electron chi connectivity index (χ3n) is 4.00. The number of hydrogen-bond acceptors (Lipinski definition) is 5. The Kier molecular flexibility index (Phi) is 3.36. The van der Waals surface area contributed by atoms with E-state index in [0.29, 0.717) is 12.8 Å². The van der Waals surface area contributed by atoms with Gasteiger partial charge in [-0.05, 0) is 31.7 Å². The zero-order valence-corrected chi connectivity index (χ0v) is 12.2. The standard InChI is InChI=1S/C12H15NO5S2/c14-9-3-7-1-2-8(4-9)13(7)20(17,18)10-5-11(12(15)16)19-6-10/h5-9,14H,1-4H2,(H,15,16). The fourth-order valence-electron chi connectivity index (χ4n) is 3.19. The first-order valence-electron chi connectivity index (χ1n) is 6.43. The van der Waals surface area contributed by atoms with Crippen LogP contribution in [0.1, 0.15) is 35.4 Å². The lowest BCUT2D eigenvalue weighted by atomic mass is 10.0. The summed E-state index contributed by atoms with van der Waals surface area (Å²) < 4.78 is 26.8. The molecule has 8 heteroatoms. The van der Waals surface area contributed by atoms with Crippen molar-refractivity contribution in [3.05, 3.63) is 16.3 Å². The maximum atomic E-state index is 12.6. The number of carboxylic acids is 1. The Hall–Kier alpha value is -0.960. The van der Waals surface area contributed by atoms with Crippen molar-refractivity contribution < 1.29 is 23.4 Å². The van der Waals surface area contributed by atoms with Gasteiger partial charge < -0.3 is 10.2 Å². The molecule has 2 aliphatic heterocycles. The molecule has 2 aliphatic rings. The lowest BCUT2D eigenvalue weighted by Gasteiger charge is -2.35. The Morgan fingerprint density at radius 2 is 1.90 bits per heavy atom. The van der Waals surface area contributed by atoms with E-state index < -0.39 is 22.1 Å². The Bertz CT molecular complexity index is 624. The molecule has 0 radical (unpaired) electrons. The molecular weight excluding hydrogens is 302 g/mol. The number of rotatable bonds is 3. The highest BCUT2D eigenvalue weighted by Crippen LogP contribution is 2.40. The van der Waals surface area contributed by atoms with Gasteiger partial charge in [-0.15, -0.1) is 11.3 Å². The van der Waals surface area contributed by atoms with Crippen molar-refractivity contribution in [2.45, 2.75) is 48.8 Å². The Balaban J connectivity index is 1.94. The first kappa shape index (κ1) is 14.0. The Morgan fingerprint density at radius 1 is 1.30 bits per heavy atom. The van der Waals surface area contributed by atoms with Gasteiger partial charge in [-0.1, -0.05) is 0 Å². The minimum atomic E-state index is -3.66. The molecule has 0 spiro atoms. The molecule has 0 aliphatic carbocycles. The molecule has 1 aromatic rings. The lowest BCUT2D eigenvalue weighted by molar-refractivity contribution is 0.0701. The number of aliphatic hydroxyl groups is 1. The number of nitrogens with zero attached hydrogens (tertiary/aromatic N) is 1. The third kappa shape index (κ3) is 2.16. The number of carboxylic acid groups (broad SMARTS) is 1. The SMILES string of the molecule is O=C(O)c1cc(S(=O)(=O)N2C3CCC2CC(O)C3)cs1. The zero-order chi connectivity index (χ0) is 14.5. The van der Waals surface area contributed by atoms with Gasteiger partial charge in [0.1, 0.15) is 4.88 Å². The molecule has 2 unspecified atom stereocenters. The summed E-state index contributed by atoms with van der Waals surface area (Å²) in [6.07, 6.45) is 2.02. The number of carbonyl (C=O) groups is 1. The maximum Gasteiger partial charge on any atom is 0.345 e. The summed E-state index contributed by atoms with van der Waals surface area (Å²) in [5.41, 5.74) is 0. The number of hydrogen-bond donors (Lipinski definition) is 2. The van der Waals surface area contributed by atoms with Crippen molar-refractivity contribution in [1.29, 1.82) is 0 Å². The zero-order valence-electron chi connectivity index (χ0n) is 10.6. The summed E-state index contributed by atoms with van der Waals surface area (Å²) in [6, 6.07) is 0.885. The summed E-state index contributed by atoms with van der Waals surface area (Å²) in [5, 5.41) is 20.0. The maximum absolute atomic E-state index is 12.6. The van der Waals surface area contributed by atoms with Crippen molar-refractivity contribution in [3.8, 4) is 0 Å². The van der Waals surface area contributed by atoms with E-state index in [9.17, 15) is 18.3 Å². The van der Waals surface area contributed by atoms with Crippen molar-refractivity contribution in [2.75, 3.05) is 0 Å². The van der Waals surface area contributed by atoms with Crippen LogP contribution < -0.4 is 0 Å². The van der Waals surface area contributed by atoms with Crippen LogP contribution in [0.15, 0.2) is 16.3 Å². The molecule has 2 N–H and O–H groups in total. The fraction of sp³-hybridized carbons (Fsp3) is 0.583. The predicted octanol–water partition coefficient (Wildman–Crippen LogP) is 1.12. The van der Waals surface area contributed by atoms with Crippen molar-refractivity contribution in [3.63, 3.8) is 0 Å². The molecule has 2 saturated heterocycles. The largest absolute Gasteiger partial charge is 0.477 e. The minimum absolute atomic E-state index is 0.0213. The second-order valence-corrected chi connectivity index (χ2v) is 8.05. The van der Waals surface area contributed by atoms with Crippen LogP contribution in [0.3, 0.4) is 0 Å². The average molecular weight is 317 g/mol. The molecule has 2 bridgehead atoms. The summed E-state index contributed by atoms with van der Waals surface area (Å²) >= 11 is 0.917. The fourth-order valence-corrected chi connectivity index (χ4v) is 6.18. The second-order valence-electron chi connectivity index (χ2n) is 5.30. The lowest BCUT2D eigenvalue weighted by Crippen LogP contribution is -2.47. The molecule has 2 fully saturated rings. The molecule has 3 heterocycles. The van der Waals surface area contributed by atoms with E-state index >= 15 is 0 Å². The van der Waals surface area contributed by atoms with Crippen molar-refractivity contribution in [2.24, 2.45) is 0 Å². The first-order chi connectivity index (χ1) is 9.39. The van der Waals surface area contributed by atoms with Gasteiger partial charge in [0, 0.05) is 17.5 Å². The van der Waals surface area contributed by atoms with Gasteiger partial charge in [0.2, 0.25) is 10.0 Å². The number of aromatic carboxylic acids is 1. The minimum Gasteiger partial charge on any atom is -0.477 e. The second kappa shape index (κ2) is 4.80. The molecule has 3 rings (SSSR count). The Labute approximate surface area is 120 Å². The Morgan fingerprint density at radius 3 is 2.40 bits per heavy atom. The van der Waals surface area contributed by atoms with E-state index in [2.05, 4.69) is 0 Å². The molecule has 20 heavy (non-hydrogen) atoms. The van der Waals surface area contributed by atoms with Crippen LogP contribution >= 0.6 is 11.3 Å². The van der Waals surface area contributed by atoms with Gasteiger partial charge >= 0.3 is 5.97 Å². The average Bonchev–Trinajstić information content (AvgIpc) is 2.94. The van der Waals surface area contributed by atoms with E-state index in [1.807, 2.05) is 0 Å². The van der Waals surface area contributed by atoms with E-state index in [0.717, 1.165) is 24.2 Å². The van der Waals surface area contributed by atoms with Gasteiger partial charge in [-0.3, -0.25) is 0 Å². The smallest absolute Gasteiger partial charge is 0.345 e. The molecule has 0 aromatic carbocycles. The van der Waals surface area contributed by atoms with Crippen LogP contribution in [0.5, 0.6) is 0 Å². The van der Waals surface area contributed by atoms with Gasteiger partial charge in [0.15, 0.2) is 0 Å². The van der Waals surface area contributed by atoms with Crippen molar-refractivity contribution in [1.82, 2.24) is 4.31 Å². The molecule has 0 saturated carbocycles. The number of fused-ring (bicyclic) bond motifs is 2. The van der Waals surface area contributed by atoms with E-state index in [-0.39, 0.29) is 21.9 Å². The van der Waals surface area contributed by atoms with Crippen molar-refractivity contribution >= 4 is 27.3 Å². The number of thiophene rings is 1. The summed E-state index contributed by atoms with van der Waals surface area (Å²) in [6.45, 7) is 0. The highest BCUT2D eigenvalue weighted by Gasteiger charge is 2.47. The molecule has 2 atom stereocenters. The van der Waals surface area contributed by atoms with Crippen LogP contribution in [0, 0.1) is 0 Å². The van der Waals surface area contributed by atoms with Crippen LogP contribution in [0.25, 0.3) is 0 Å². The van der Waals surface area contributed by atoms with E-state index in [1.165, 1.54) is 15.8 Å². The predicted molar refractivity (Wildman–Crippen MR) is 72.4 cm³/mol. The van der Waals surface area contributed by atoms with E-state index in [4.69, 9.17) is 5.11 Å². The monoisotopic (exact) mass is 317 g/mol. The van der Waals surface area contributed by atoms with Crippen LogP contribution in [-0.2, 0) is 10.0 Å². The molecule has 0 amide bonds. The number of aliphatic hydroxyl groups excluding tert-OH is 1. The quantitative estimate of drug-likeness (QED) is 0.871. The third-order valence-corrected chi connectivity index (χ3v) is 7.05. The van der Waals surface area contributed by atoms with Crippen LogP contribution in [0.4, 0.5) is 0 Å². The van der Waals surface area contributed by atoms with Gasteiger partial charge in [-0.25, -0.2) is 13.2 Å². The van der Waals surface area contributed by atoms with Gasteiger partial charge in [-0.2, -0.15) is 4.31 Å². The van der Waals surface area contributed by atoms with Crippen LogP contribution in [0.2, 0.25) is 0 Å². The van der Waals surface area contributed by atoms with Crippen LogP contribution in [-0.4, -0.2) is 47.1 Å². The molecule has 6 nitrogen and oxygen atoms in total. The summed E-state index contributed by atoms with van der Waals surface area (Å²) in [5.74, 6) is -1.12. The molecule has 110 valence electrons. The summed E-state index contributed by atoms with van der Waals surface area (Å²) in [4.78, 5) is 10.9. The molecular formula is C12H15NO5S2. The van der Waals surface area contributed by atoms with Gasteiger partial charge in [0.25, 0.3) is 0 Å². The normalized spacial score (nSPS) is 30.6. The highest BCUT2D eigenvalue weighted by molar-refractivity contribution is 7.89. The summed E-state index contributed by atoms with van der Waals surface area (Å²) in [7, 11) is -3.66. The topological polar surface area (TPSA) is 94.9 Å². The number of piperidine rings is 1.